The monoisotopic (exact) mass is 466 g/mol. The highest BCUT2D eigenvalue weighted by Gasteiger charge is 2.14. The molecule has 0 heterocycles. The third-order valence-electron chi connectivity index (χ3n) is 5.53. The number of carbonyl (C=O) groups excluding carboxylic acids is 2. The van der Waals surface area contributed by atoms with Crippen molar-refractivity contribution in [2.75, 3.05) is 19.7 Å². The Morgan fingerprint density at radius 3 is 2.44 bits per heavy atom. The predicted octanol–water partition coefficient (Wildman–Crippen LogP) is 2.48. The van der Waals surface area contributed by atoms with Crippen molar-refractivity contribution < 1.29 is 14.3 Å². The number of ether oxygens (including phenoxy) is 1. The molecule has 182 valence electrons. The van der Waals surface area contributed by atoms with Crippen LogP contribution in [-0.2, 0) is 21.8 Å². The van der Waals surface area contributed by atoms with Gasteiger partial charge in [0, 0.05) is 18.7 Å². The van der Waals surface area contributed by atoms with Gasteiger partial charge in [0.25, 0.3) is 0 Å². The fraction of sp³-hybridized carbons (Fsp3) is 0.667. The van der Waals surface area contributed by atoms with E-state index in [1.807, 2.05) is 18.2 Å². The quantitative estimate of drug-likeness (QED) is 0.167. The van der Waals surface area contributed by atoms with Crippen LogP contribution in [0.1, 0.15) is 69.4 Å². The van der Waals surface area contributed by atoms with Crippen molar-refractivity contribution in [1.29, 1.82) is 0 Å². The van der Waals surface area contributed by atoms with E-state index in [1.165, 1.54) is 11.1 Å². The minimum atomic E-state index is -0.484. The van der Waals surface area contributed by atoms with Gasteiger partial charge in [-0.05, 0) is 74.8 Å². The molecule has 0 radical (unpaired) electrons. The van der Waals surface area contributed by atoms with Crippen LogP contribution in [0.15, 0.2) is 18.2 Å². The summed E-state index contributed by atoms with van der Waals surface area (Å²) in [5.41, 5.74) is 19.8. The predicted molar refractivity (Wildman–Crippen MR) is 134 cm³/mol. The van der Waals surface area contributed by atoms with Gasteiger partial charge in [0.05, 0.1) is 18.7 Å². The Labute approximate surface area is 198 Å². The van der Waals surface area contributed by atoms with E-state index in [0.29, 0.717) is 51.1 Å². The molecule has 0 aliphatic rings. The highest BCUT2D eigenvalue weighted by Crippen LogP contribution is 2.20. The van der Waals surface area contributed by atoms with Gasteiger partial charge in [0.15, 0.2) is 0 Å². The van der Waals surface area contributed by atoms with E-state index in [2.05, 4.69) is 24.9 Å². The van der Waals surface area contributed by atoms with Crippen molar-refractivity contribution >= 4 is 24.3 Å². The Morgan fingerprint density at radius 2 is 1.75 bits per heavy atom. The summed E-state index contributed by atoms with van der Waals surface area (Å²) < 4.78 is 5.79. The number of rotatable bonds is 18. The highest BCUT2D eigenvalue weighted by atomic mass is 32.1. The largest absolute Gasteiger partial charge is 0.494 e. The average molecular weight is 467 g/mol. The van der Waals surface area contributed by atoms with Crippen LogP contribution in [0.3, 0.4) is 0 Å². The van der Waals surface area contributed by atoms with Gasteiger partial charge in [-0.1, -0.05) is 19.4 Å². The Kier molecular flexibility index (Phi) is 15.1. The number of carbonyl (C=O) groups is 2. The molecule has 0 fully saturated rings. The molecular formula is C24H42N4O3S. The molecule has 7 N–H and O–H groups in total. The first-order valence-corrected chi connectivity index (χ1v) is 12.4. The zero-order valence-corrected chi connectivity index (χ0v) is 20.4. The van der Waals surface area contributed by atoms with Crippen LogP contribution in [0.25, 0.3) is 0 Å². The molecule has 0 spiro atoms. The fourth-order valence-corrected chi connectivity index (χ4v) is 3.74. The summed E-state index contributed by atoms with van der Waals surface area (Å²) in [5.74, 6) is 1.46. The van der Waals surface area contributed by atoms with Crippen molar-refractivity contribution in [1.82, 2.24) is 5.32 Å². The number of aryl methyl sites for hydroxylation is 1. The number of nitrogens with two attached hydrogens (primary N) is 3. The zero-order valence-electron chi connectivity index (χ0n) is 19.5. The summed E-state index contributed by atoms with van der Waals surface area (Å²) in [6, 6.07) is 5.09. The summed E-state index contributed by atoms with van der Waals surface area (Å²) in [4.78, 5) is 24.1. The van der Waals surface area contributed by atoms with Gasteiger partial charge in [0.1, 0.15) is 11.5 Å². The summed E-state index contributed by atoms with van der Waals surface area (Å²) in [6.07, 6.45) is 6.53. The molecule has 0 aliphatic carbocycles. The van der Waals surface area contributed by atoms with Crippen molar-refractivity contribution in [3.63, 3.8) is 0 Å². The number of ketones is 1. The van der Waals surface area contributed by atoms with Crippen LogP contribution in [0.4, 0.5) is 0 Å². The maximum absolute atomic E-state index is 12.2. The maximum Gasteiger partial charge on any atom is 0.236 e. The molecule has 0 aliphatic heterocycles. The molecule has 32 heavy (non-hydrogen) atoms. The molecule has 0 bridgehead atoms. The number of thiol groups is 1. The lowest BCUT2D eigenvalue weighted by atomic mass is 10.0. The first kappa shape index (κ1) is 28.4. The summed E-state index contributed by atoms with van der Waals surface area (Å²) in [7, 11) is 0. The molecule has 0 saturated heterocycles. The van der Waals surface area contributed by atoms with Crippen LogP contribution in [0.5, 0.6) is 5.75 Å². The van der Waals surface area contributed by atoms with E-state index in [9.17, 15) is 9.59 Å². The molecule has 7 nitrogen and oxygen atoms in total. The SMILES string of the molecule is CCc1cc(OCCCC(=O)[C@@H](N)CCCCNC(=O)[C@@H](N)CCCCN)ccc1CS. The van der Waals surface area contributed by atoms with Gasteiger partial charge < -0.3 is 27.3 Å². The fourth-order valence-electron chi connectivity index (χ4n) is 3.43. The van der Waals surface area contributed by atoms with Crippen LogP contribution < -0.4 is 27.3 Å². The second kappa shape index (κ2) is 16.9. The van der Waals surface area contributed by atoms with Gasteiger partial charge in [-0.3, -0.25) is 9.59 Å². The number of unbranched alkanes of at least 4 members (excludes halogenated alkanes) is 2. The van der Waals surface area contributed by atoms with Gasteiger partial charge in [-0.25, -0.2) is 0 Å². The molecule has 0 saturated carbocycles. The second-order valence-corrected chi connectivity index (χ2v) is 8.46. The van der Waals surface area contributed by atoms with Crippen molar-refractivity contribution in [3.8, 4) is 5.75 Å². The number of hydrogen-bond acceptors (Lipinski definition) is 7. The van der Waals surface area contributed by atoms with Crippen molar-refractivity contribution in [2.24, 2.45) is 17.2 Å². The summed E-state index contributed by atoms with van der Waals surface area (Å²) in [6.45, 7) is 3.76. The smallest absolute Gasteiger partial charge is 0.236 e. The number of nitrogens with one attached hydrogen (secondary N) is 1. The maximum atomic E-state index is 12.2. The lowest BCUT2D eigenvalue weighted by Gasteiger charge is -2.13. The second-order valence-electron chi connectivity index (χ2n) is 8.14. The van der Waals surface area contributed by atoms with Gasteiger partial charge in [-0.2, -0.15) is 12.6 Å². The van der Waals surface area contributed by atoms with E-state index in [-0.39, 0.29) is 11.7 Å². The molecule has 8 heteroatoms. The van der Waals surface area contributed by atoms with E-state index >= 15 is 0 Å². The van der Waals surface area contributed by atoms with Crippen molar-refractivity contribution in [3.05, 3.63) is 29.3 Å². The van der Waals surface area contributed by atoms with E-state index in [0.717, 1.165) is 37.9 Å². The van der Waals surface area contributed by atoms with Gasteiger partial charge in [-0.15, -0.1) is 0 Å². The Balaban J connectivity index is 2.15. The zero-order chi connectivity index (χ0) is 23.8. The van der Waals surface area contributed by atoms with E-state index < -0.39 is 12.1 Å². The number of benzene rings is 1. The number of amides is 1. The standard InChI is InChI=1S/C24H42N4O3S/c1-2-18-16-20(12-11-19(18)17-32)31-15-7-10-23(29)21(26)8-4-6-14-28-24(30)22(27)9-3-5-13-25/h11-12,16,21-22,32H,2-10,13-15,17,25-27H2,1H3,(H,28,30)/t21-,22-/m0/s1. The minimum absolute atomic E-state index is 0.0548. The summed E-state index contributed by atoms with van der Waals surface area (Å²) >= 11 is 4.35. The van der Waals surface area contributed by atoms with E-state index in [4.69, 9.17) is 21.9 Å². The molecule has 1 aromatic carbocycles. The van der Waals surface area contributed by atoms with Crippen LogP contribution in [0.2, 0.25) is 0 Å². The first-order chi connectivity index (χ1) is 15.4. The van der Waals surface area contributed by atoms with E-state index in [1.54, 1.807) is 0 Å². The third-order valence-corrected chi connectivity index (χ3v) is 5.87. The van der Waals surface area contributed by atoms with Crippen LogP contribution in [-0.4, -0.2) is 43.5 Å². The number of hydrogen-bond donors (Lipinski definition) is 5. The molecule has 1 aromatic rings. The molecule has 1 amide bonds. The molecule has 2 atom stereocenters. The van der Waals surface area contributed by atoms with Crippen molar-refractivity contribution in [2.45, 2.75) is 82.5 Å². The molecule has 1 rings (SSSR count). The summed E-state index contributed by atoms with van der Waals surface area (Å²) in [5, 5.41) is 2.84. The topological polar surface area (TPSA) is 133 Å². The third kappa shape index (κ3) is 11.3. The van der Waals surface area contributed by atoms with Crippen LogP contribution in [0, 0.1) is 0 Å². The van der Waals surface area contributed by atoms with Gasteiger partial charge >= 0.3 is 0 Å². The highest BCUT2D eigenvalue weighted by molar-refractivity contribution is 7.79. The lowest BCUT2D eigenvalue weighted by molar-refractivity contribution is -0.122. The number of Topliss-reactive ketones (excluding diaryl/α,β-unsaturated/α-hetero) is 1. The Morgan fingerprint density at radius 1 is 1.03 bits per heavy atom. The normalized spacial score (nSPS) is 12.9. The lowest BCUT2D eigenvalue weighted by Crippen LogP contribution is -2.41. The first-order valence-electron chi connectivity index (χ1n) is 11.8. The Hall–Kier alpha value is -1.61. The molecule has 0 aromatic heterocycles. The molecular weight excluding hydrogens is 424 g/mol. The van der Waals surface area contributed by atoms with Gasteiger partial charge in [0.2, 0.25) is 5.91 Å². The Bertz CT molecular complexity index is 687. The average Bonchev–Trinajstić information content (AvgIpc) is 2.80. The molecule has 0 unspecified atom stereocenters. The minimum Gasteiger partial charge on any atom is -0.494 e. The van der Waals surface area contributed by atoms with Crippen LogP contribution >= 0.6 is 12.6 Å².